The Hall–Kier alpha value is -2.04. The molecule has 0 N–H and O–H groups in total. The third-order valence-corrected chi connectivity index (χ3v) is 4.65. The summed E-state index contributed by atoms with van der Waals surface area (Å²) in [6.45, 7) is 12.4. The van der Waals surface area contributed by atoms with E-state index in [4.69, 9.17) is 9.47 Å². The highest BCUT2D eigenvalue weighted by Gasteiger charge is 2.42. The molecule has 5 heteroatoms. The second-order valence-electron chi connectivity index (χ2n) is 8.98. The zero-order chi connectivity index (χ0) is 19.7. The van der Waals surface area contributed by atoms with Gasteiger partial charge in [-0.3, -0.25) is 4.90 Å². The molecule has 0 saturated carbocycles. The standard InChI is InChI=1S/C21H31NO4/c1-20(2,3)16-10-8-14(9-11-16)15-12-17(18(23)25-7)22(13-15)19(24)26-21(4,5)6/h8-11,15,17H,12-13H2,1-7H3/t15-,17-/m0/s1. The minimum Gasteiger partial charge on any atom is -0.467 e. The molecule has 1 aromatic carbocycles. The smallest absolute Gasteiger partial charge is 0.411 e. The summed E-state index contributed by atoms with van der Waals surface area (Å²) in [6, 6.07) is 7.83. The summed E-state index contributed by atoms with van der Waals surface area (Å²) < 4.78 is 10.4. The van der Waals surface area contributed by atoms with Crippen LogP contribution in [0.1, 0.15) is 65.0 Å². The topological polar surface area (TPSA) is 55.8 Å². The van der Waals surface area contributed by atoms with Gasteiger partial charge >= 0.3 is 12.1 Å². The van der Waals surface area contributed by atoms with Gasteiger partial charge in [0, 0.05) is 12.5 Å². The largest absolute Gasteiger partial charge is 0.467 e. The van der Waals surface area contributed by atoms with Crippen LogP contribution in [-0.2, 0) is 19.7 Å². The van der Waals surface area contributed by atoms with Crippen LogP contribution in [-0.4, -0.2) is 42.3 Å². The van der Waals surface area contributed by atoms with Crippen molar-refractivity contribution >= 4 is 12.1 Å². The summed E-state index contributed by atoms with van der Waals surface area (Å²) in [5, 5.41) is 0. The highest BCUT2D eigenvalue weighted by molar-refractivity contribution is 5.82. The summed E-state index contributed by atoms with van der Waals surface area (Å²) in [4.78, 5) is 26.2. The first-order valence-electron chi connectivity index (χ1n) is 9.10. The summed E-state index contributed by atoms with van der Waals surface area (Å²) in [5.74, 6) is -0.315. The van der Waals surface area contributed by atoms with Crippen molar-refractivity contribution in [1.82, 2.24) is 4.90 Å². The van der Waals surface area contributed by atoms with Crippen molar-refractivity contribution < 1.29 is 19.1 Å². The molecule has 0 unspecified atom stereocenters. The fraction of sp³-hybridized carbons (Fsp3) is 0.619. The summed E-state index contributed by atoms with van der Waals surface area (Å²) in [6.07, 6.45) is 0.0718. The van der Waals surface area contributed by atoms with Gasteiger partial charge in [-0.05, 0) is 43.7 Å². The van der Waals surface area contributed by atoms with E-state index in [1.54, 1.807) is 0 Å². The fourth-order valence-electron chi connectivity index (χ4n) is 3.21. The van der Waals surface area contributed by atoms with Gasteiger partial charge in [-0.2, -0.15) is 0 Å². The Morgan fingerprint density at radius 1 is 1.04 bits per heavy atom. The van der Waals surface area contributed by atoms with Crippen LogP contribution in [0.15, 0.2) is 24.3 Å². The average molecular weight is 361 g/mol. The first-order valence-corrected chi connectivity index (χ1v) is 9.10. The molecule has 2 rings (SSSR count). The lowest BCUT2D eigenvalue weighted by atomic mass is 9.85. The van der Waals surface area contributed by atoms with E-state index < -0.39 is 23.7 Å². The van der Waals surface area contributed by atoms with Crippen molar-refractivity contribution in [3.8, 4) is 0 Å². The van der Waals surface area contributed by atoms with E-state index in [0.29, 0.717) is 13.0 Å². The molecule has 2 atom stereocenters. The van der Waals surface area contributed by atoms with Crippen molar-refractivity contribution in [1.29, 1.82) is 0 Å². The molecule has 1 saturated heterocycles. The number of hydrogen-bond acceptors (Lipinski definition) is 4. The molecule has 0 radical (unpaired) electrons. The van der Waals surface area contributed by atoms with Crippen molar-refractivity contribution in [2.24, 2.45) is 0 Å². The third kappa shape index (κ3) is 4.77. The number of nitrogens with zero attached hydrogens (tertiary/aromatic N) is 1. The molecule has 1 heterocycles. The number of carbonyl (C=O) groups is 2. The van der Waals surface area contributed by atoms with Gasteiger partial charge in [0.2, 0.25) is 0 Å². The third-order valence-electron chi connectivity index (χ3n) is 4.65. The molecule has 1 aliphatic heterocycles. The van der Waals surface area contributed by atoms with Gasteiger partial charge < -0.3 is 9.47 Å². The molecular weight excluding hydrogens is 330 g/mol. The second kappa shape index (κ2) is 7.29. The monoisotopic (exact) mass is 361 g/mol. The minimum atomic E-state index is -0.609. The Morgan fingerprint density at radius 2 is 1.62 bits per heavy atom. The van der Waals surface area contributed by atoms with Gasteiger partial charge in [0.15, 0.2) is 0 Å². The SMILES string of the molecule is COC(=O)[C@@H]1C[C@H](c2ccc(C(C)(C)C)cc2)CN1C(=O)OC(C)(C)C. The number of rotatable bonds is 2. The Morgan fingerprint density at radius 3 is 2.08 bits per heavy atom. The Bertz CT molecular complexity index is 652. The average Bonchev–Trinajstić information content (AvgIpc) is 2.97. The van der Waals surface area contributed by atoms with Crippen molar-refractivity contribution in [2.45, 2.75) is 70.9 Å². The number of hydrogen-bond donors (Lipinski definition) is 0. The molecule has 26 heavy (non-hydrogen) atoms. The summed E-state index contributed by atoms with van der Waals surface area (Å²) in [5.41, 5.74) is 1.86. The van der Waals surface area contributed by atoms with Crippen molar-refractivity contribution in [2.75, 3.05) is 13.7 Å². The molecule has 0 spiro atoms. The van der Waals surface area contributed by atoms with Gasteiger partial charge in [0.25, 0.3) is 0 Å². The Labute approximate surface area is 156 Å². The second-order valence-corrected chi connectivity index (χ2v) is 8.98. The van der Waals surface area contributed by atoms with Gasteiger partial charge in [0.05, 0.1) is 7.11 Å². The van der Waals surface area contributed by atoms with Crippen LogP contribution in [0.4, 0.5) is 4.79 Å². The number of esters is 1. The minimum absolute atomic E-state index is 0.0839. The number of amides is 1. The van der Waals surface area contributed by atoms with Gasteiger partial charge in [-0.1, -0.05) is 45.0 Å². The van der Waals surface area contributed by atoms with Crippen LogP contribution in [0.25, 0.3) is 0 Å². The molecular formula is C21H31NO4. The highest BCUT2D eigenvalue weighted by atomic mass is 16.6. The zero-order valence-corrected chi connectivity index (χ0v) is 17.0. The van der Waals surface area contributed by atoms with E-state index >= 15 is 0 Å². The lowest BCUT2D eigenvalue weighted by Gasteiger charge is -2.27. The van der Waals surface area contributed by atoms with Crippen LogP contribution in [0.5, 0.6) is 0 Å². The van der Waals surface area contributed by atoms with Gasteiger partial charge in [-0.25, -0.2) is 9.59 Å². The molecule has 5 nitrogen and oxygen atoms in total. The maximum absolute atomic E-state index is 12.6. The first-order chi connectivity index (χ1) is 11.9. The predicted molar refractivity (Wildman–Crippen MR) is 101 cm³/mol. The molecule has 1 amide bonds. The summed E-state index contributed by atoms with van der Waals surface area (Å²) in [7, 11) is 1.35. The zero-order valence-electron chi connectivity index (χ0n) is 17.0. The van der Waals surface area contributed by atoms with E-state index in [9.17, 15) is 9.59 Å². The van der Waals surface area contributed by atoms with Gasteiger partial charge in [0.1, 0.15) is 11.6 Å². The molecule has 0 aliphatic carbocycles. The lowest BCUT2D eigenvalue weighted by Crippen LogP contribution is -2.43. The van der Waals surface area contributed by atoms with Crippen LogP contribution in [0, 0.1) is 0 Å². The number of carbonyl (C=O) groups excluding carboxylic acids is 2. The van der Waals surface area contributed by atoms with Crippen molar-refractivity contribution in [3.05, 3.63) is 35.4 Å². The maximum Gasteiger partial charge on any atom is 0.411 e. The quantitative estimate of drug-likeness (QED) is 0.739. The van der Waals surface area contributed by atoms with E-state index in [2.05, 4.69) is 45.0 Å². The normalized spacial score (nSPS) is 20.8. The fourth-order valence-corrected chi connectivity index (χ4v) is 3.21. The van der Waals surface area contributed by atoms with Crippen LogP contribution >= 0.6 is 0 Å². The van der Waals surface area contributed by atoms with Crippen LogP contribution in [0.2, 0.25) is 0 Å². The Balaban J connectivity index is 2.21. The van der Waals surface area contributed by atoms with E-state index in [1.165, 1.54) is 17.6 Å². The molecule has 144 valence electrons. The maximum atomic E-state index is 12.6. The molecule has 1 aliphatic rings. The number of benzene rings is 1. The molecule has 1 fully saturated rings. The molecule has 0 bridgehead atoms. The van der Waals surface area contributed by atoms with Crippen LogP contribution < -0.4 is 0 Å². The number of likely N-dealkylation sites (tertiary alicyclic amines) is 1. The predicted octanol–water partition coefficient (Wildman–Crippen LogP) is 4.25. The lowest BCUT2D eigenvalue weighted by molar-refractivity contribution is -0.145. The van der Waals surface area contributed by atoms with E-state index in [-0.39, 0.29) is 11.3 Å². The molecule has 0 aromatic heterocycles. The van der Waals surface area contributed by atoms with E-state index in [1.807, 2.05) is 20.8 Å². The number of ether oxygens (including phenoxy) is 2. The van der Waals surface area contributed by atoms with Crippen molar-refractivity contribution in [3.63, 3.8) is 0 Å². The number of methoxy groups -OCH3 is 1. The van der Waals surface area contributed by atoms with Crippen LogP contribution in [0.3, 0.4) is 0 Å². The summed E-state index contributed by atoms with van der Waals surface area (Å²) >= 11 is 0. The first kappa shape index (κ1) is 20.3. The Kier molecular flexibility index (Phi) is 5.69. The molecule has 1 aromatic rings. The van der Waals surface area contributed by atoms with E-state index in [0.717, 1.165) is 5.56 Å². The van der Waals surface area contributed by atoms with Gasteiger partial charge in [-0.15, -0.1) is 0 Å². The highest BCUT2D eigenvalue weighted by Crippen LogP contribution is 2.34.